The van der Waals surface area contributed by atoms with Crippen LogP contribution in [0.2, 0.25) is 0 Å². The molecule has 0 amide bonds. The predicted molar refractivity (Wildman–Crippen MR) is 92.6 cm³/mol. The van der Waals surface area contributed by atoms with Crippen molar-refractivity contribution in [3.05, 3.63) is 0 Å². The molecule has 0 saturated carbocycles. The van der Waals surface area contributed by atoms with Gasteiger partial charge in [-0.05, 0) is 41.5 Å². The molecule has 1 atom stereocenters. The zero-order valence-corrected chi connectivity index (χ0v) is 16.0. The Kier molecular flexibility index (Phi) is 18.8. The monoisotopic (exact) mass is 294 g/mol. The molecular formula is C15H39N2OP. The second-order valence-electron chi connectivity index (χ2n) is 6.20. The van der Waals surface area contributed by atoms with E-state index >= 15 is 0 Å². The lowest BCUT2D eigenvalue weighted by atomic mass is 10.3. The van der Waals surface area contributed by atoms with Gasteiger partial charge in [-0.2, -0.15) is 0 Å². The van der Waals surface area contributed by atoms with Crippen molar-refractivity contribution < 1.29 is 5.11 Å². The lowest BCUT2D eigenvalue weighted by Crippen LogP contribution is -2.29. The summed E-state index contributed by atoms with van der Waals surface area (Å²) in [7, 11) is 2.72. The second-order valence-corrected chi connectivity index (χ2v) is 6.80. The quantitative estimate of drug-likeness (QED) is 0.777. The Labute approximate surface area is 124 Å². The largest absolute Gasteiger partial charge is 0.394 e. The lowest BCUT2D eigenvalue weighted by molar-refractivity contribution is 0.216. The van der Waals surface area contributed by atoms with Gasteiger partial charge in [0.25, 0.3) is 0 Å². The molecule has 4 heteroatoms. The Morgan fingerprint density at radius 3 is 0.947 bits per heavy atom. The van der Waals surface area contributed by atoms with Gasteiger partial charge in [-0.1, -0.05) is 37.1 Å². The third kappa shape index (κ3) is 32.1. The van der Waals surface area contributed by atoms with Crippen LogP contribution < -0.4 is 5.32 Å². The number of aliphatic hydroxyl groups is 1. The fraction of sp³-hybridized carbons (Fsp3) is 1.00. The maximum absolute atomic E-state index is 8.06. The van der Waals surface area contributed by atoms with Gasteiger partial charge in [-0.15, -0.1) is 0 Å². The van der Waals surface area contributed by atoms with Crippen molar-refractivity contribution in [2.75, 3.05) is 0 Å². The fourth-order valence-electron chi connectivity index (χ4n) is 1.26. The van der Waals surface area contributed by atoms with E-state index in [1.807, 2.05) is 0 Å². The summed E-state index contributed by atoms with van der Waals surface area (Å²) in [6, 6.07) is 2.53. The summed E-state index contributed by atoms with van der Waals surface area (Å²) in [4.78, 5) is 0. The number of rotatable bonds is 4. The molecule has 0 saturated heterocycles. The standard InChI is InChI=1S/C6H16NP.C6H15N.C3H8O/c1-5(2)7(8)6(3)4;1-5(2)7-6(3)4;1-3(2)4/h5-6H,8H2,1-4H3;5-7H,1-4H3;3-4H,1-2H3. The van der Waals surface area contributed by atoms with Crippen molar-refractivity contribution in [3.8, 4) is 0 Å². The van der Waals surface area contributed by atoms with Crippen molar-refractivity contribution >= 4 is 9.39 Å². The van der Waals surface area contributed by atoms with Gasteiger partial charge in [0.05, 0.1) is 0 Å². The minimum atomic E-state index is -0.167. The Balaban J connectivity index is -0.000000214. The molecule has 2 N–H and O–H groups in total. The van der Waals surface area contributed by atoms with Gasteiger partial charge in [0.1, 0.15) is 0 Å². The molecule has 0 aliphatic heterocycles. The number of nitrogens with zero attached hydrogens (tertiary/aromatic N) is 1. The third-order valence-electron chi connectivity index (χ3n) is 1.86. The van der Waals surface area contributed by atoms with E-state index in [0.717, 1.165) is 0 Å². The summed E-state index contributed by atoms with van der Waals surface area (Å²) < 4.78 is 2.25. The van der Waals surface area contributed by atoms with E-state index in [9.17, 15) is 0 Å². The molecule has 0 aliphatic rings. The van der Waals surface area contributed by atoms with E-state index < -0.39 is 0 Å². The van der Waals surface area contributed by atoms with E-state index in [2.05, 4.69) is 74.8 Å². The van der Waals surface area contributed by atoms with Gasteiger partial charge in [0.2, 0.25) is 0 Å². The molecule has 0 radical (unpaired) electrons. The van der Waals surface area contributed by atoms with E-state index in [-0.39, 0.29) is 6.10 Å². The van der Waals surface area contributed by atoms with E-state index in [1.54, 1.807) is 13.8 Å². The highest BCUT2D eigenvalue weighted by molar-refractivity contribution is 7.13. The summed E-state index contributed by atoms with van der Waals surface area (Å²) in [5.41, 5.74) is 0. The van der Waals surface area contributed by atoms with Crippen molar-refractivity contribution in [1.29, 1.82) is 0 Å². The summed E-state index contributed by atoms with van der Waals surface area (Å²) in [6.45, 7) is 20.8. The van der Waals surface area contributed by atoms with Gasteiger partial charge < -0.3 is 10.4 Å². The average Bonchev–Trinajstić information content (AvgIpc) is 2.13. The zero-order chi connectivity index (χ0) is 16.2. The molecule has 0 aromatic heterocycles. The first-order chi connectivity index (χ1) is 8.41. The van der Waals surface area contributed by atoms with Crippen molar-refractivity contribution in [2.45, 2.75) is 99.5 Å². The molecule has 0 heterocycles. The molecule has 120 valence electrons. The van der Waals surface area contributed by atoms with Crippen molar-refractivity contribution in [1.82, 2.24) is 9.99 Å². The lowest BCUT2D eigenvalue weighted by Gasteiger charge is -2.24. The first kappa shape index (κ1) is 24.3. The average molecular weight is 294 g/mol. The molecule has 0 aromatic carbocycles. The highest BCUT2D eigenvalue weighted by Gasteiger charge is 2.05. The van der Waals surface area contributed by atoms with Crippen LogP contribution in [0, 0.1) is 0 Å². The normalized spacial score (nSPS) is 11.1. The molecule has 0 bridgehead atoms. The van der Waals surface area contributed by atoms with Crippen LogP contribution in [-0.2, 0) is 0 Å². The Morgan fingerprint density at radius 1 is 0.737 bits per heavy atom. The predicted octanol–water partition coefficient (Wildman–Crippen LogP) is 3.68. The smallest absolute Gasteiger partial charge is 0.0483 e. The number of hydrogen-bond donors (Lipinski definition) is 2. The number of aliphatic hydroxyl groups excluding tert-OH is 1. The van der Waals surface area contributed by atoms with Crippen LogP contribution in [0.3, 0.4) is 0 Å². The summed E-state index contributed by atoms with van der Waals surface area (Å²) in [6.07, 6.45) is -0.167. The minimum absolute atomic E-state index is 0.167. The van der Waals surface area contributed by atoms with Crippen molar-refractivity contribution in [3.63, 3.8) is 0 Å². The van der Waals surface area contributed by atoms with E-state index in [1.165, 1.54) is 0 Å². The van der Waals surface area contributed by atoms with Gasteiger partial charge in [-0.3, -0.25) is 4.67 Å². The Morgan fingerprint density at radius 2 is 0.947 bits per heavy atom. The number of hydrogen-bond acceptors (Lipinski definition) is 3. The summed E-state index contributed by atoms with van der Waals surface area (Å²) in [5.74, 6) is 0. The minimum Gasteiger partial charge on any atom is -0.394 e. The first-order valence-corrected chi connectivity index (χ1v) is 7.90. The molecule has 0 rings (SSSR count). The molecule has 1 unspecified atom stereocenters. The van der Waals surface area contributed by atoms with Gasteiger partial charge in [0, 0.05) is 30.3 Å². The maximum atomic E-state index is 8.06. The van der Waals surface area contributed by atoms with Crippen LogP contribution in [0.4, 0.5) is 0 Å². The molecule has 19 heavy (non-hydrogen) atoms. The highest BCUT2D eigenvalue weighted by Crippen LogP contribution is 2.09. The molecule has 0 aromatic rings. The molecule has 3 nitrogen and oxygen atoms in total. The summed E-state index contributed by atoms with van der Waals surface area (Å²) >= 11 is 0. The van der Waals surface area contributed by atoms with E-state index in [0.29, 0.717) is 24.2 Å². The summed E-state index contributed by atoms with van der Waals surface area (Å²) in [5, 5.41) is 11.4. The Hall–Kier alpha value is 0.310. The van der Waals surface area contributed by atoms with Gasteiger partial charge in [-0.25, -0.2) is 0 Å². The topological polar surface area (TPSA) is 35.5 Å². The van der Waals surface area contributed by atoms with Gasteiger partial charge >= 0.3 is 0 Å². The van der Waals surface area contributed by atoms with Crippen LogP contribution in [0.5, 0.6) is 0 Å². The second kappa shape index (κ2) is 14.7. The highest BCUT2D eigenvalue weighted by atomic mass is 31.0. The van der Waals surface area contributed by atoms with Crippen molar-refractivity contribution in [2.24, 2.45) is 0 Å². The molecule has 0 aliphatic carbocycles. The molecule has 0 spiro atoms. The SMILES string of the molecule is CC(C)N(P)C(C)C.CC(C)NC(C)C.CC(C)O. The molecular weight excluding hydrogens is 255 g/mol. The number of nitrogens with one attached hydrogen (secondary N) is 1. The maximum Gasteiger partial charge on any atom is 0.0483 e. The van der Waals surface area contributed by atoms with Crippen LogP contribution in [0.15, 0.2) is 0 Å². The fourth-order valence-corrected chi connectivity index (χ4v) is 1.26. The van der Waals surface area contributed by atoms with Crippen LogP contribution in [-0.4, -0.2) is 40.0 Å². The van der Waals surface area contributed by atoms with Crippen LogP contribution in [0.1, 0.15) is 69.2 Å². The van der Waals surface area contributed by atoms with Crippen LogP contribution >= 0.6 is 9.39 Å². The zero-order valence-electron chi connectivity index (χ0n) is 14.9. The Bertz CT molecular complexity index is 155. The van der Waals surface area contributed by atoms with Crippen LogP contribution in [0.25, 0.3) is 0 Å². The third-order valence-corrected chi connectivity index (χ3v) is 3.05. The molecule has 0 fully saturated rings. The van der Waals surface area contributed by atoms with E-state index in [4.69, 9.17) is 5.11 Å². The first-order valence-electron chi connectivity index (χ1n) is 7.38. The van der Waals surface area contributed by atoms with Gasteiger partial charge in [0.15, 0.2) is 0 Å².